The fourth-order valence-electron chi connectivity index (χ4n) is 2.12. The van der Waals surface area contributed by atoms with E-state index in [1.54, 1.807) is 30.3 Å². The number of amides is 1. The first-order valence-corrected chi connectivity index (χ1v) is 6.78. The third-order valence-electron chi connectivity index (χ3n) is 3.05. The number of aliphatic hydroxyl groups is 1. The monoisotopic (exact) mass is 305 g/mol. The van der Waals surface area contributed by atoms with E-state index in [1.807, 2.05) is 12.1 Å². The van der Waals surface area contributed by atoms with Gasteiger partial charge >= 0.3 is 0 Å². The molecule has 0 radical (unpaired) electrons. The molecule has 1 unspecified atom stereocenters. The maximum atomic E-state index is 11.3. The first kappa shape index (κ1) is 15.4. The van der Waals surface area contributed by atoms with Crippen molar-refractivity contribution >= 4 is 23.2 Å². The number of para-hydroxylation sites is 1. The van der Waals surface area contributed by atoms with Crippen LogP contribution in [-0.4, -0.2) is 18.1 Å². The smallest absolute Gasteiger partial charge is 0.221 e. The Morgan fingerprint density at radius 1 is 1.24 bits per heavy atom. The summed E-state index contributed by atoms with van der Waals surface area (Å²) in [6.45, 7) is 1.41. The molecule has 0 aliphatic heterocycles. The molecule has 2 aromatic carbocycles. The number of benzene rings is 2. The molecule has 110 valence electrons. The Labute approximate surface area is 128 Å². The minimum Gasteiger partial charge on any atom is -0.496 e. The first-order valence-electron chi connectivity index (χ1n) is 6.41. The molecule has 5 heteroatoms. The molecule has 0 saturated heterocycles. The summed E-state index contributed by atoms with van der Waals surface area (Å²) in [7, 11) is 1.54. The predicted molar refractivity (Wildman–Crippen MR) is 82.8 cm³/mol. The summed E-state index contributed by atoms with van der Waals surface area (Å²) in [4.78, 5) is 11.3. The van der Waals surface area contributed by atoms with Gasteiger partial charge in [-0.3, -0.25) is 4.79 Å². The van der Waals surface area contributed by atoms with Gasteiger partial charge in [0.15, 0.2) is 0 Å². The maximum absolute atomic E-state index is 11.3. The van der Waals surface area contributed by atoms with Crippen molar-refractivity contribution in [1.29, 1.82) is 0 Å². The minimum absolute atomic E-state index is 0.217. The molecule has 0 spiro atoms. The van der Waals surface area contributed by atoms with Gasteiger partial charge in [0.2, 0.25) is 5.91 Å². The highest BCUT2D eigenvalue weighted by Crippen LogP contribution is 2.34. The van der Waals surface area contributed by atoms with Crippen molar-refractivity contribution in [3.05, 3.63) is 58.6 Å². The maximum Gasteiger partial charge on any atom is 0.221 e. The van der Waals surface area contributed by atoms with Gasteiger partial charge in [-0.05, 0) is 24.3 Å². The van der Waals surface area contributed by atoms with Crippen LogP contribution in [0.15, 0.2) is 42.5 Å². The summed E-state index contributed by atoms with van der Waals surface area (Å²) in [6, 6.07) is 12.1. The number of anilines is 1. The van der Waals surface area contributed by atoms with Gasteiger partial charge in [-0.15, -0.1) is 0 Å². The molecule has 0 aliphatic carbocycles. The topological polar surface area (TPSA) is 58.6 Å². The molecule has 21 heavy (non-hydrogen) atoms. The molecule has 0 heterocycles. The van der Waals surface area contributed by atoms with Crippen molar-refractivity contribution < 1.29 is 14.6 Å². The second kappa shape index (κ2) is 6.61. The van der Waals surface area contributed by atoms with E-state index in [0.29, 0.717) is 27.6 Å². The highest BCUT2D eigenvalue weighted by Gasteiger charge is 2.19. The first-order chi connectivity index (χ1) is 10.0. The largest absolute Gasteiger partial charge is 0.496 e. The molecule has 2 N–H and O–H groups in total. The zero-order valence-corrected chi connectivity index (χ0v) is 12.5. The quantitative estimate of drug-likeness (QED) is 0.910. The molecule has 2 rings (SSSR count). The Hall–Kier alpha value is -2.04. The molecule has 0 saturated carbocycles. The second-order valence-electron chi connectivity index (χ2n) is 4.56. The Morgan fingerprint density at radius 2 is 1.95 bits per heavy atom. The van der Waals surface area contributed by atoms with Crippen molar-refractivity contribution in [2.45, 2.75) is 13.0 Å². The van der Waals surface area contributed by atoms with Crippen LogP contribution < -0.4 is 10.1 Å². The fraction of sp³-hybridized carbons (Fsp3) is 0.188. The van der Waals surface area contributed by atoms with Gasteiger partial charge in [0.25, 0.3) is 0 Å². The highest BCUT2D eigenvalue weighted by molar-refractivity contribution is 6.30. The number of carbonyl (C=O) groups excluding carboxylic acids is 1. The number of hydrogen-bond donors (Lipinski definition) is 2. The Kier molecular flexibility index (Phi) is 4.83. The molecule has 1 amide bonds. The van der Waals surface area contributed by atoms with Crippen molar-refractivity contribution in [3.63, 3.8) is 0 Å². The SMILES string of the molecule is COc1ccccc1C(O)c1cc(Cl)ccc1NC(C)=O. The average Bonchev–Trinajstić information content (AvgIpc) is 2.48. The molecule has 4 nitrogen and oxygen atoms in total. The minimum atomic E-state index is -0.957. The lowest BCUT2D eigenvalue weighted by molar-refractivity contribution is -0.114. The van der Waals surface area contributed by atoms with Crippen molar-refractivity contribution in [1.82, 2.24) is 0 Å². The van der Waals surface area contributed by atoms with E-state index in [-0.39, 0.29) is 5.91 Å². The number of hydrogen-bond acceptors (Lipinski definition) is 3. The molecule has 2 aromatic rings. The lowest BCUT2D eigenvalue weighted by atomic mass is 9.99. The number of nitrogens with one attached hydrogen (secondary N) is 1. The lowest BCUT2D eigenvalue weighted by Crippen LogP contribution is -2.11. The lowest BCUT2D eigenvalue weighted by Gasteiger charge is -2.18. The molecule has 0 aromatic heterocycles. The summed E-state index contributed by atoms with van der Waals surface area (Å²) in [5, 5.41) is 13.8. The van der Waals surface area contributed by atoms with Gasteiger partial charge in [-0.25, -0.2) is 0 Å². The third-order valence-corrected chi connectivity index (χ3v) is 3.29. The van der Waals surface area contributed by atoms with Gasteiger partial charge in [0, 0.05) is 28.8 Å². The predicted octanol–water partition coefficient (Wildman–Crippen LogP) is 3.39. The van der Waals surface area contributed by atoms with E-state index in [0.717, 1.165) is 0 Å². The van der Waals surface area contributed by atoms with Crippen molar-refractivity contribution in [3.8, 4) is 5.75 Å². The summed E-state index contributed by atoms with van der Waals surface area (Å²) >= 11 is 6.00. The second-order valence-corrected chi connectivity index (χ2v) is 4.99. The molecule has 0 fully saturated rings. The van der Waals surface area contributed by atoms with E-state index in [2.05, 4.69) is 5.32 Å². The van der Waals surface area contributed by atoms with Crippen LogP contribution in [-0.2, 0) is 4.79 Å². The molecule has 0 aliphatic rings. The van der Waals surface area contributed by atoms with Gasteiger partial charge in [0.1, 0.15) is 11.9 Å². The standard InChI is InChI=1S/C16H16ClNO3/c1-10(19)18-14-8-7-11(17)9-13(14)16(20)12-5-3-4-6-15(12)21-2/h3-9,16,20H,1-2H3,(H,18,19). The van der Waals surface area contributed by atoms with Crippen LogP contribution in [0, 0.1) is 0 Å². The van der Waals surface area contributed by atoms with Crippen LogP contribution in [0.5, 0.6) is 5.75 Å². The third kappa shape index (κ3) is 3.54. The highest BCUT2D eigenvalue weighted by atomic mass is 35.5. The van der Waals surface area contributed by atoms with E-state index in [9.17, 15) is 9.90 Å². The van der Waals surface area contributed by atoms with Gasteiger partial charge in [0.05, 0.1) is 7.11 Å². The van der Waals surface area contributed by atoms with Crippen LogP contribution in [0.2, 0.25) is 5.02 Å². The Morgan fingerprint density at radius 3 is 2.62 bits per heavy atom. The summed E-state index contributed by atoms with van der Waals surface area (Å²) in [5.41, 5.74) is 1.64. The number of aliphatic hydroxyl groups excluding tert-OH is 1. The molecular formula is C16H16ClNO3. The van der Waals surface area contributed by atoms with Crippen LogP contribution >= 0.6 is 11.6 Å². The van der Waals surface area contributed by atoms with Gasteiger partial charge in [-0.2, -0.15) is 0 Å². The van der Waals surface area contributed by atoms with E-state index >= 15 is 0 Å². The normalized spacial score (nSPS) is 11.8. The number of ether oxygens (including phenoxy) is 1. The Balaban J connectivity index is 2.49. The number of rotatable bonds is 4. The van der Waals surface area contributed by atoms with Crippen LogP contribution in [0.4, 0.5) is 5.69 Å². The summed E-state index contributed by atoms with van der Waals surface area (Å²) in [5.74, 6) is 0.351. The summed E-state index contributed by atoms with van der Waals surface area (Å²) < 4.78 is 5.26. The number of carbonyl (C=O) groups is 1. The number of halogens is 1. The zero-order valence-electron chi connectivity index (χ0n) is 11.8. The molecule has 0 bridgehead atoms. The van der Waals surface area contributed by atoms with E-state index in [4.69, 9.17) is 16.3 Å². The fourth-order valence-corrected chi connectivity index (χ4v) is 2.30. The number of methoxy groups -OCH3 is 1. The zero-order chi connectivity index (χ0) is 15.4. The van der Waals surface area contributed by atoms with Crippen LogP contribution in [0.25, 0.3) is 0 Å². The Bertz CT molecular complexity index is 658. The van der Waals surface area contributed by atoms with Gasteiger partial charge < -0.3 is 15.2 Å². The van der Waals surface area contributed by atoms with Crippen LogP contribution in [0.1, 0.15) is 24.2 Å². The van der Waals surface area contributed by atoms with Crippen molar-refractivity contribution in [2.24, 2.45) is 0 Å². The van der Waals surface area contributed by atoms with Gasteiger partial charge in [-0.1, -0.05) is 29.8 Å². The van der Waals surface area contributed by atoms with E-state index < -0.39 is 6.10 Å². The average molecular weight is 306 g/mol. The van der Waals surface area contributed by atoms with Crippen molar-refractivity contribution in [2.75, 3.05) is 12.4 Å². The molecular weight excluding hydrogens is 290 g/mol. The summed E-state index contributed by atoms with van der Waals surface area (Å²) in [6.07, 6.45) is -0.957. The van der Waals surface area contributed by atoms with Crippen LogP contribution in [0.3, 0.4) is 0 Å². The van der Waals surface area contributed by atoms with E-state index in [1.165, 1.54) is 14.0 Å². The molecule has 1 atom stereocenters.